The number of furan rings is 1. The van der Waals surface area contributed by atoms with Crippen molar-refractivity contribution in [3.8, 4) is 0 Å². The van der Waals surface area contributed by atoms with Crippen molar-refractivity contribution in [1.29, 1.82) is 0 Å². The summed E-state index contributed by atoms with van der Waals surface area (Å²) in [6, 6.07) is 15.5. The molecule has 2 aromatic carbocycles. The van der Waals surface area contributed by atoms with Crippen LogP contribution in [0.15, 0.2) is 74.5 Å². The van der Waals surface area contributed by atoms with Crippen LogP contribution in [-0.4, -0.2) is 10.8 Å². The molecule has 144 valence electrons. The third-order valence-corrected chi connectivity index (χ3v) is 5.43. The van der Waals surface area contributed by atoms with E-state index in [0.29, 0.717) is 27.3 Å². The van der Waals surface area contributed by atoms with Gasteiger partial charge in [-0.25, -0.2) is 0 Å². The number of halogens is 1. The third kappa shape index (κ3) is 2.86. The number of nitrogens with zero attached hydrogens (tertiary/aromatic N) is 1. The van der Waals surface area contributed by atoms with Gasteiger partial charge in [-0.2, -0.15) is 0 Å². The van der Waals surface area contributed by atoms with Crippen LogP contribution in [0.25, 0.3) is 11.0 Å². The lowest BCUT2D eigenvalue weighted by Crippen LogP contribution is -2.29. The maximum absolute atomic E-state index is 13.4. The minimum Gasteiger partial charge on any atom is -0.467 e. The Kier molecular flexibility index (Phi) is 4.07. The Labute approximate surface area is 171 Å². The molecule has 5 nitrogen and oxygen atoms in total. The highest BCUT2D eigenvalue weighted by Gasteiger charge is 2.43. The minimum atomic E-state index is -0.609. The Morgan fingerprint density at radius 3 is 2.69 bits per heavy atom. The molecule has 3 heterocycles. The molecule has 0 saturated carbocycles. The van der Waals surface area contributed by atoms with Crippen molar-refractivity contribution in [1.82, 2.24) is 4.90 Å². The largest absolute Gasteiger partial charge is 0.467 e. The number of hydrogen-bond donors (Lipinski definition) is 0. The standard InChI is InChI=1S/C23H16ClNO4/c1-13-7-8-18-17(10-13)21(26)19-20(14-4-2-5-15(24)11-14)25(23(27)22(19)29-18)12-16-6-3-9-28-16/h2-11,20H,12H2,1H3/t20-/m0/s1. The fraction of sp³-hybridized carbons (Fsp3) is 0.130. The SMILES string of the molecule is Cc1ccc2oc3c(c(=O)c2c1)[C@H](c1cccc(Cl)c1)N(Cc1ccco1)C3=O. The second-order valence-electron chi connectivity index (χ2n) is 7.14. The molecule has 0 N–H and O–H groups in total. The number of amides is 1. The second-order valence-corrected chi connectivity index (χ2v) is 7.58. The maximum Gasteiger partial charge on any atom is 0.291 e. The van der Waals surface area contributed by atoms with E-state index in [4.69, 9.17) is 20.4 Å². The van der Waals surface area contributed by atoms with E-state index in [2.05, 4.69) is 0 Å². The van der Waals surface area contributed by atoms with E-state index in [1.165, 1.54) is 0 Å². The van der Waals surface area contributed by atoms with Gasteiger partial charge in [-0.1, -0.05) is 35.4 Å². The quantitative estimate of drug-likeness (QED) is 0.476. The molecule has 2 aromatic heterocycles. The van der Waals surface area contributed by atoms with Crippen LogP contribution in [0, 0.1) is 6.92 Å². The first kappa shape index (κ1) is 17.8. The monoisotopic (exact) mass is 405 g/mol. The zero-order valence-electron chi connectivity index (χ0n) is 15.5. The first-order chi connectivity index (χ1) is 14.0. The Hall–Kier alpha value is -3.31. The molecule has 5 rings (SSSR count). The summed E-state index contributed by atoms with van der Waals surface area (Å²) in [4.78, 5) is 28.3. The number of carbonyl (C=O) groups excluding carboxylic acids is 1. The summed E-state index contributed by atoms with van der Waals surface area (Å²) in [5.74, 6) is 0.342. The van der Waals surface area contributed by atoms with Gasteiger partial charge in [-0.05, 0) is 48.9 Å². The summed E-state index contributed by atoms with van der Waals surface area (Å²) in [5.41, 5.74) is 2.22. The predicted octanol–water partition coefficient (Wildman–Crippen LogP) is 5.09. The zero-order chi connectivity index (χ0) is 20.1. The van der Waals surface area contributed by atoms with Crippen LogP contribution in [0.5, 0.6) is 0 Å². The van der Waals surface area contributed by atoms with Crippen LogP contribution in [0.2, 0.25) is 5.02 Å². The average Bonchev–Trinajstić information content (AvgIpc) is 3.31. The summed E-state index contributed by atoms with van der Waals surface area (Å²) in [6.07, 6.45) is 1.55. The van der Waals surface area contributed by atoms with E-state index in [0.717, 1.165) is 11.1 Å². The summed E-state index contributed by atoms with van der Waals surface area (Å²) < 4.78 is 11.4. The average molecular weight is 406 g/mol. The van der Waals surface area contributed by atoms with Gasteiger partial charge in [0.25, 0.3) is 5.91 Å². The Bertz CT molecular complexity index is 1310. The van der Waals surface area contributed by atoms with Crippen molar-refractivity contribution in [2.24, 2.45) is 0 Å². The highest BCUT2D eigenvalue weighted by Crippen LogP contribution is 2.39. The van der Waals surface area contributed by atoms with Gasteiger partial charge < -0.3 is 13.7 Å². The van der Waals surface area contributed by atoms with Gasteiger partial charge in [0, 0.05) is 5.02 Å². The molecule has 1 aliphatic heterocycles. The highest BCUT2D eigenvalue weighted by atomic mass is 35.5. The van der Waals surface area contributed by atoms with E-state index in [-0.39, 0.29) is 23.6 Å². The van der Waals surface area contributed by atoms with Gasteiger partial charge in [0.05, 0.1) is 29.8 Å². The highest BCUT2D eigenvalue weighted by molar-refractivity contribution is 6.30. The molecule has 0 aliphatic carbocycles. The van der Waals surface area contributed by atoms with Gasteiger partial charge in [-0.15, -0.1) is 0 Å². The van der Waals surface area contributed by atoms with Gasteiger partial charge in [0.1, 0.15) is 11.3 Å². The number of aryl methyl sites for hydroxylation is 1. The summed E-state index contributed by atoms with van der Waals surface area (Å²) >= 11 is 6.21. The maximum atomic E-state index is 13.4. The van der Waals surface area contributed by atoms with Crippen molar-refractivity contribution >= 4 is 28.5 Å². The van der Waals surface area contributed by atoms with Gasteiger partial charge in [0.2, 0.25) is 5.76 Å². The lowest BCUT2D eigenvalue weighted by atomic mass is 9.98. The third-order valence-electron chi connectivity index (χ3n) is 5.19. The molecule has 1 atom stereocenters. The van der Waals surface area contributed by atoms with Crippen LogP contribution in [0.4, 0.5) is 0 Å². The molecule has 29 heavy (non-hydrogen) atoms. The summed E-state index contributed by atoms with van der Waals surface area (Å²) in [6.45, 7) is 2.12. The number of hydrogen-bond acceptors (Lipinski definition) is 4. The zero-order valence-corrected chi connectivity index (χ0v) is 16.3. The van der Waals surface area contributed by atoms with Crippen LogP contribution < -0.4 is 5.43 Å². The number of rotatable bonds is 3. The lowest BCUT2D eigenvalue weighted by Gasteiger charge is -2.24. The summed E-state index contributed by atoms with van der Waals surface area (Å²) in [7, 11) is 0. The van der Waals surface area contributed by atoms with Crippen LogP contribution in [0.3, 0.4) is 0 Å². The molecular formula is C23H16ClNO4. The van der Waals surface area contributed by atoms with Crippen molar-refractivity contribution in [3.63, 3.8) is 0 Å². The van der Waals surface area contributed by atoms with Crippen molar-refractivity contribution in [3.05, 3.63) is 104 Å². The van der Waals surface area contributed by atoms with Gasteiger partial charge in [-0.3, -0.25) is 9.59 Å². The van der Waals surface area contributed by atoms with E-state index in [1.54, 1.807) is 53.6 Å². The van der Waals surface area contributed by atoms with Crippen molar-refractivity contribution < 1.29 is 13.6 Å². The number of benzene rings is 2. The van der Waals surface area contributed by atoms with Crippen molar-refractivity contribution in [2.45, 2.75) is 19.5 Å². The molecule has 6 heteroatoms. The fourth-order valence-electron chi connectivity index (χ4n) is 3.89. The Morgan fingerprint density at radius 1 is 1.07 bits per heavy atom. The van der Waals surface area contributed by atoms with Crippen LogP contribution in [0.1, 0.15) is 39.0 Å². The topological polar surface area (TPSA) is 63.7 Å². The van der Waals surface area contributed by atoms with Crippen LogP contribution >= 0.6 is 11.6 Å². The normalized spacial score (nSPS) is 15.9. The van der Waals surface area contributed by atoms with E-state index < -0.39 is 6.04 Å². The van der Waals surface area contributed by atoms with Crippen molar-refractivity contribution in [2.75, 3.05) is 0 Å². The predicted molar refractivity (Wildman–Crippen MR) is 109 cm³/mol. The smallest absolute Gasteiger partial charge is 0.291 e. The molecule has 1 amide bonds. The molecule has 1 aliphatic rings. The molecular weight excluding hydrogens is 390 g/mol. The molecule has 0 radical (unpaired) electrons. The first-order valence-corrected chi connectivity index (χ1v) is 9.57. The van der Waals surface area contributed by atoms with E-state index in [9.17, 15) is 9.59 Å². The molecule has 0 saturated heterocycles. The lowest BCUT2D eigenvalue weighted by molar-refractivity contribution is 0.0701. The second kappa shape index (κ2) is 6.64. The van der Waals surface area contributed by atoms with Crippen LogP contribution in [-0.2, 0) is 6.54 Å². The van der Waals surface area contributed by atoms with Gasteiger partial charge in [0.15, 0.2) is 5.43 Å². The van der Waals surface area contributed by atoms with Gasteiger partial charge >= 0.3 is 0 Å². The number of fused-ring (bicyclic) bond motifs is 2. The van der Waals surface area contributed by atoms with E-state index >= 15 is 0 Å². The summed E-state index contributed by atoms with van der Waals surface area (Å²) in [5, 5.41) is 0.991. The molecule has 0 spiro atoms. The fourth-order valence-corrected chi connectivity index (χ4v) is 4.09. The van der Waals surface area contributed by atoms with E-state index in [1.807, 2.05) is 19.1 Å². The molecule has 0 unspecified atom stereocenters. The Morgan fingerprint density at radius 2 is 1.93 bits per heavy atom. The minimum absolute atomic E-state index is 0.0721. The molecule has 0 fully saturated rings. The Balaban J connectivity index is 1.77. The molecule has 0 bridgehead atoms. The number of carbonyl (C=O) groups is 1. The first-order valence-electron chi connectivity index (χ1n) is 9.19. The molecule has 4 aromatic rings.